The second kappa shape index (κ2) is 6.15. The van der Waals surface area contributed by atoms with E-state index < -0.39 is 17.2 Å². The molecule has 106 valence electrons. The maximum Gasteiger partial charge on any atom is 0.317 e. The monoisotopic (exact) mass is 293 g/mol. The Bertz CT molecular complexity index is 585. The van der Waals surface area contributed by atoms with Crippen molar-refractivity contribution in [2.24, 2.45) is 5.73 Å². The second-order valence-corrected chi connectivity index (χ2v) is 5.58. The first-order valence-corrected chi connectivity index (χ1v) is 7.07. The Hall–Kier alpha value is -1.72. The molecule has 0 amide bonds. The maximum absolute atomic E-state index is 13.5. The van der Waals surface area contributed by atoms with Crippen LogP contribution in [0.5, 0.6) is 0 Å². The van der Waals surface area contributed by atoms with Crippen molar-refractivity contribution >= 4 is 17.3 Å². The van der Waals surface area contributed by atoms with Crippen LogP contribution in [-0.4, -0.2) is 19.6 Å². The predicted molar refractivity (Wildman–Crippen MR) is 77.2 cm³/mol. The summed E-state index contributed by atoms with van der Waals surface area (Å²) in [6, 6.07) is 9.80. The van der Waals surface area contributed by atoms with Gasteiger partial charge >= 0.3 is 5.97 Å². The molecule has 0 saturated carbocycles. The maximum atomic E-state index is 13.5. The minimum atomic E-state index is -1.05. The molecule has 0 bridgehead atoms. The van der Waals surface area contributed by atoms with E-state index >= 15 is 0 Å². The summed E-state index contributed by atoms with van der Waals surface area (Å²) in [5.41, 5.74) is 5.35. The van der Waals surface area contributed by atoms with Gasteiger partial charge in [0.25, 0.3) is 0 Å². The average Bonchev–Trinajstić information content (AvgIpc) is 2.96. The van der Waals surface area contributed by atoms with Crippen LogP contribution in [0.3, 0.4) is 0 Å². The van der Waals surface area contributed by atoms with Crippen LogP contribution in [0.1, 0.15) is 10.4 Å². The summed E-state index contributed by atoms with van der Waals surface area (Å²) in [6.07, 6.45) is 0.400. The summed E-state index contributed by atoms with van der Waals surface area (Å²) < 4.78 is 18.4. The van der Waals surface area contributed by atoms with Crippen LogP contribution < -0.4 is 5.73 Å². The number of nitrogens with two attached hydrogens (primary N) is 1. The van der Waals surface area contributed by atoms with Gasteiger partial charge in [-0.2, -0.15) is 0 Å². The normalized spacial score (nSPS) is 13.8. The van der Waals surface area contributed by atoms with Crippen molar-refractivity contribution in [2.45, 2.75) is 11.8 Å². The number of carbonyl (C=O) groups is 1. The fourth-order valence-electron chi connectivity index (χ4n) is 2.26. The number of hydrogen-bond acceptors (Lipinski definition) is 4. The molecular weight excluding hydrogens is 277 g/mol. The second-order valence-electron chi connectivity index (χ2n) is 4.54. The average molecular weight is 293 g/mol. The van der Waals surface area contributed by atoms with Crippen LogP contribution in [0, 0.1) is 5.82 Å². The van der Waals surface area contributed by atoms with Crippen molar-refractivity contribution in [3.05, 3.63) is 58.0 Å². The molecular formula is C15H16FNO2S. The zero-order chi connectivity index (χ0) is 14.6. The number of rotatable bonds is 5. The van der Waals surface area contributed by atoms with E-state index in [0.717, 1.165) is 4.88 Å². The van der Waals surface area contributed by atoms with Gasteiger partial charge in [-0.15, -0.1) is 11.3 Å². The molecule has 1 heterocycles. The highest BCUT2D eigenvalue weighted by Crippen LogP contribution is 2.31. The van der Waals surface area contributed by atoms with E-state index in [-0.39, 0.29) is 6.54 Å². The van der Waals surface area contributed by atoms with E-state index in [1.165, 1.54) is 30.6 Å². The molecule has 1 aromatic carbocycles. The van der Waals surface area contributed by atoms with Gasteiger partial charge < -0.3 is 10.5 Å². The lowest BCUT2D eigenvalue weighted by molar-refractivity contribution is -0.147. The first-order chi connectivity index (χ1) is 9.62. The lowest BCUT2D eigenvalue weighted by Crippen LogP contribution is -2.45. The number of benzene rings is 1. The van der Waals surface area contributed by atoms with Crippen molar-refractivity contribution in [3.8, 4) is 0 Å². The highest BCUT2D eigenvalue weighted by Gasteiger charge is 2.41. The van der Waals surface area contributed by atoms with Gasteiger partial charge in [-0.1, -0.05) is 18.2 Å². The summed E-state index contributed by atoms with van der Waals surface area (Å²) in [4.78, 5) is 13.3. The molecule has 1 atom stereocenters. The lowest BCUT2D eigenvalue weighted by atomic mass is 9.77. The van der Waals surface area contributed by atoms with Crippen LogP contribution in [0.4, 0.5) is 4.39 Å². The molecule has 1 unspecified atom stereocenters. The van der Waals surface area contributed by atoms with Gasteiger partial charge in [0.15, 0.2) is 0 Å². The molecule has 5 heteroatoms. The predicted octanol–water partition coefficient (Wildman–Crippen LogP) is 2.50. The first kappa shape index (κ1) is 14.7. The quantitative estimate of drug-likeness (QED) is 0.862. The van der Waals surface area contributed by atoms with E-state index in [0.29, 0.717) is 12.0 Å². The Morgan fingerprint density at radius 1 is 1.40 bits per heavy atom. The smallest absolute Gasteiger partial charge is 0.317 e. The molecule has 2 rings (SSSR count). The Morgan fingerprint density at radius 3 is 2.75 bits per heavy atom. The van der Waals surface area contributed by atoms with Gasteiger partial charge in [0.2, 0.25) is 0 Å². The summed E-state index contributed by atoms with van der Waals surface area (Å²) in [5, 5.41) is 1.93. The molecule has 2 aromatic rings. The van der Waals surface area contributed by atoms with Gasteiger partial charge in [-0.25, -0.2) is 4.39 Å². The van der Waals surface area contributed by atoms with Crippen LogP contribution in [0.15, 0.2) is 41.8 Å². The third kappa shape index (κ3) is 2.73. The third-order valence-electron chi connectivity index (χ3n) is 3.36. The number of halogens is 1. The fraction of sp³-hybridized carbons (Fsp3) is 0.267. The Morgan fingerprint density at radius 2 is 2.20 bits per heavy atom. The summed E-state index contributed by atoms with van der Waals surface area (Å²) in [7, 11) is 1.32. The fourth-order valence-corrected chi connectivity index (χ4v) is 3.08. The number of hydrogen-bond donors (Lipinski definition) is 1. The van der Waals surface area contributed by atoms with Crippen molar-refractivity contribution in [3.63, 3.8) is 0 Å². The van der Waals surface area contributed by atoms with Gasteiger partial charge in [0.1, 0.15) is 11.2 Å². The molecule has 1 aromatic heterocycles. The van der Waals surface area contributed by atoms with E-state index in [1.807, 2.05) is 17.5 Å². The lowest BCUT2D eigenvalue weighted by Gasteiger charge is -2.29. The zero-order valence-corrected chi connectivity index (χ0v) is 12.0. The van der Waals surface area contributed by atoms with Crippen molar-refractivity contribution in [2.75, 3.05) is 13.7 Å². The Kier molecular flexibility index (Phi) is 4.52. The van der Waals surface area contributed by atoms with E-state index in [2.05, 4.69) is 0 Å². The highest BCUT2D eigenvalue weighted by molar-refractivity contribution is 7.09. The van der Waals surface area contributed by atoms with E-state index in [1.54, 1.807) is 12.1 Å². The van der Waals surface area contributed by atoms with Crippen molar-refractivity contribution in [1.82, 2.24) is 0 Å². The molecule has 3 nitrogen and oxygen atoms in total. The molecule has 0 radical (unpaired) electrons. The molecule has 0 aliphatic heterocycles. The summed E-state index contributed by atoms with van der Waals surface area (Å²) >= 11 is 1.53. The molecule has 0 spiro atoms. The molecule has 0 aliphatic rings. The number of thiophene rings is 1. The topological polar surface area (TPSA) is 52.3 Å². The molecule has 0 aliphatic carbocycles. The van der Waals surface area contributed by atoms with Crippen molar-refractivity contribution in [1.29, 1.82) is 0 Å². The standard InChI is InChI=1S/C15H16FNO2S/c1-19-14(18)15(10-17,9-13-6-3-7-20-13)11-4-2-5-12(16)8-11/h2-8H,9-10,17H2,1H3. The molecule has 0 fully saturated rings. The number of methoxy groups -OCH3 is 1. The molecule has 20 heavy (non-hydrogen) atoms. The van der Waals surface area contributed by atoms with Gasteiger partial charge in [0.05, 0.1) is 7.11 Å². The Labute approximate surface area is 121 Å². The first-order valence-electron chi connectivity index (χ1n) is 6.19. The van der Waals surface area contributed by atoms with E-state index in [9.17, 15) is 9.18 Å². The van der Waals surface area contributed by atoms with Crippen molar-refractivity contribution < 1.29 is 13.9 Å². The highest BCUT2D eigenvalue weighted by atomic mass is 32.1. The third-order valence-corrected chi connectivity index (χ3v) is 4.23. The van der Waals surface area contributed by atoms with Gasteiger partial charge in [0, 0.05) is 17.8 Å². The minimum absolute atomic E-state index is 0.0566. The minimum Gasteiger partial charge on any atom is -0.468 e. The van der Waals surface area contributed by atoms with Crippen LogP contribution in [0.2, 0.25) is 0 Å². The van der Waals surface area contributed by atoms with Gasteiger partial charge in [-0.05, 0) is 29.1 Å². The SMILES string of the molecule is COC(=O)C(CN)(Cc1cccs1)c1cccc(F)c1. The summed E-state index contributed by atoms with van der Waals surface area (Å²) in [6.45, 7) is 0.0566. The summed E-state index contributed by atoms with van der Waals surface area (Å²) in [5.74, 6) is -0.839. The molecule has 2 N–H and O–H groups in total. The van der Waals surface area contributed by atoms with Crippen LogP contribution >= 0.6 is 11.3 Å². The number of carbonyl (C=O) groups excluding carboxylic acids is 1. The van der Waals surface area contributed by atoms with Crippen LogP contribution in [0.25, 0.3) is 0 Å². The molecule has 0 saturated heterocycles. The van der Waals surface area contributed by atoms with E-state index in [4.69, 9.17) is 10.5 Å². The number of ether oxygens (including phenoxy) is 1. The largest absolute Gasteiger partial charge is 0.468 e. The van der Waals surface area contributed by atoms with Crippen LogP contribution in [-0.2, 0) is 21.4 Å². The number of esters is 1. The zero-order valence-electron chi connectivity index (χ0n) is 11.1. The Balaban J connectivity index is 2.49. The van der Waals surface area contributed by atoms with Gasteiger partial charge in [-0.3, -0.25) is 4.79 Å².